The molecule has 1 atom stereocenters. The van der Waals surface area contributed by atoms with E-state index in [0.717, 1.165) is 38.0 Å². The number of nitrogens with zero attached hydrogens (tertiary/aromatic N) is 3. The van der Waals surface area contributed by atoms with Crippen molar-refractivity contribution in [3.8, 4) is 0 Å². The molecule has 4 rings (SSSR count). The summed E-state index contributed by atoms with van der Waals surface area (Å²) in [5.74, 6) is 0.938. The van der Waals surface area contributed by atoms with Crippen LogP contribution in [0.2, 0.25) is 0 Å². The molecule has 3 heterocycles. The fourth-order valence-electron chi connectivity index (χ4n) is 5.26. The summed E-state index contributed by atoms with van der Waals surface area (Å²) in [6.45, 7) is 4.94. The SMILES string of the molecule is Cc1cccc(C(=O)N2CCC3(CCCN(CC4CCCCC4)C3=O)C2)n1. The molecule has 1 aliphatic carbocycles. The Morgan fingerprint density at radius 1 is 1.15 bits per heavy atom. The molecule has 1 spiro atoms. The molecule has 5 heteroatoms. The van der Waals surface area contributed by atoms with Gasteiger partial charge in [0.05, 0.1) is 5.41 Å². The van der Waals surface area contributed by atoms with Gasteiger partial charge in [-0.2, -0.15) is 0 Å². The summed E-state index contributed by atoms with van der Waals surface area (Å²) in [4.78, 5) is 34.6. The highest BCUT2D eigenvalue weighted by Gasteiger charge is 2.49. The lowest BCUT2D eigenvalue weighted by Gasteiger charge is -2.41. The van der Waals surface area contributed by atoms with E-state index in [2.05, 4.69) is 9.88 Å². The second kappa shape index (κ2) is 7.61. The van der Waals surface area contributed by atoms with E-state index >= 15 is 0 Å². The number of likely N-dealkylation sites (tertiary alicyclic amines) is 2. The summed E-state index contributed by atoms with van der Waals surface area (Å²) in [6, 6.07) is 5.55. The van der Waals surface area contributed by atoms with E-state index in [9.17, 15) is 9.59 Å². The molecule has 1 aromatic heterocycles. The number of pyridine rings is 1. The van der Waals surface area contributed by atoms with E-state index in [1.807, 2.05) is 24.0 Å². The maximum atomic E-state index is 13.4. The van der Waals surface area contributed by atoms with Crippen molar-refractivity contribution in [2.45, 2.75) is 58.3 Å². The quantitative estimate of drug-likeness (QED) is 0.820. The predicted molar refractivity (Wildman–Crippen MR) is 104 cm³/mol. The van der Waals surface area contributed by atoms with Gasteiger partial charge < -0.3 is 9.80 Å². The molecule has 1 aromatic rings. The Morgan fingerprint density at radius 2 is 1.96 bits per heavy atom. The molecule has 5 nitrogen and oxygen atoms in total. The number of carbonyl (C=O) groups is 2. The smallest absolute Gasteiger partial charge is 0.272 e. The van der Waals surface area contributed by atoms with E-state index in [0.29, 0.717) is 30.6 Å². The number of carbonyl (C=O) groups excluding carboxylic acids is 2. The molecule has 2 aliphatic heterocycles. The summed E-state index contributed by atoms with van der Waals surface area (Å²) < 4.78 is 0. The van der Waals surface area contributed by atoms with Gasteiger partial charge in [0.1, 0.15) is 5.69 Å². The molecule has 3 fully saturated rings. The normalized spacial score (nSPS) is 26.8. The van der Waals surface area contributed by atoms with E-state index in [-0.39, 0.29) is 11.3 Å². The van der Waals surface area contributed by atoms with Crippen LogP contribution in [-0.4, -0.2) is 52.8 Å². The zero-order valence-corrected chi connectivity index (χ0v) is 16.5. The predicted octanol–water partition coefficient (Wildman–Crippen LogP) is 3.43. The van der Waals surface area contributed by atoms with Gasteiger partial charge in [-0.25, -0.2) is 4.98 Å². The highest BCUT2D eigenvalue weighted by molar-refractivity contribution is 5.94. The van der Waals surface area contributed by atoms with Crippen LogP contribution in [0, 0.1) is 18.3 Å². The number of aryl methyl sites for hydroxylation is 1. The lowest BCUT2D eigenvalue weighted by atomic mass is 9.77. The van der Waals surface area contributed by atoms with Crippen LogP contribution in [0.25, 0.3) is 0 Å². The van der Waals surface area contributed by atoms with Crippen molar-refractivity contribution in [3.05, 3.63) is 29.6 Å². The lowest BCUT2D eigenvalue weighted by molar-refractivity contribution is -0.146. The van der Waals surface area contributed by atoms with Crippen LogP contribution in [0.1, 0.15) is 67.5 Å². The monoisotopic (exact) mass is 369 g/mol. The van der Waals surface area contributed by atoms with Crippen LogP contribution in [0.4, 0.5) is 0 Å². The summed E-state index contributed by atoms with van der Waals surface area (Å²) >= 11 is 0. The van der Waals surface area contributed by atoms with Crippen molar-refractivity contribution in [1.82, 2.24) is 14.8 Å². The van der Waals surface area contributed by atoms with Crippen LogP contribution in [0.15, 0.2) is 18.2 Å². The molecule has 146 valence electrons. The van der Waals surface area contributed by atoms with Gasteiger partial charge in [-0.15, -0.1) is 0 Å². The Morgan fingerprint density at radius 3 is 2.74 bits per heavy atom. The van der Waals surface area contributed by atoms with Crippen LogP contribution in [-0.2, 0) is 4.79 Å². The van der Waals surface area contributed by atoms with Gasteiger partial charge in [-0.3, -0.25) is 9.59 Å². The second-order valence-electron chi connectivity index (χ2n) is 8.78. The molecule has 0 N–H and O–H groups in total. The minimum atomic E-state index is -0.355. The van der Waals surface area contributed by atoms with Crippen LogP contribution in [0.3, 0.4) is 0 Å². The van der Waals surface area contributed by atoms with Crippen molar-refractivity contribution < 1.29 is 9.59 Å². The van der Waals surface area contributed by atoms with Gasteiger partial charge in [-0.05, 0) is 57.1 Å². The minimum Gasteiger partial charge on any atom is -0.342 e. The van der Waals surface area contributed by atoms with Crippen LogP contribution in [0.5, 0.6) is 0 Å². The molecule has 2 amide bonds. The molecular weight excluding hydrogens is 338 g/mol. The third kappa shape index (κ3) is 3.74. The largest absolute Gasteiger partial charge is 0.342 e. The number of hydrogen-bond donors (Lipinski definition) is 0. The van der Waals surface area contributed by atoms with Gasteiger partial charge in [0.2, 0.25) is 5.91 Å². The van der Waals surface area contributed by atoms with E-state index in [1.165, 1.54) is 32.1 Å². The molecule has 1 saturated carbocycles. The second-order valence-corrected chi connectivity index (χ2v) is 8.78. The zero-order valence-electron chi connectivity index (χ0n) is 16.5. The molecule has 3 aliphatic rings. The first-order chi connectivity index (χ1) is 13.1. The standard InChI is InChI=1S/C22H31N3O2/c1-17-7-5-10-19(23-17)20(26)25-14-12-22(16-25)11-6-13-24(21(22)27)15-18-8-3-2-4-9-18/h5,7,10,18H,2-4,6,8-9,11-16H2,1H3. The van der Waals surface area contributed by atoms with Crippen molar-refractivity contribution >= 4 is 11.8 Å². The Bertz CT molecular complexity index is 713. The first-order valence-corrected chi connectivity index (χ1v) is 10.6. The van der Waals surface area contributed by atoms with Gasteiger partial charge in [0.15, 0.2) is 0 Å². The Labute approximate surface area is 162 Å². The maximum absolute atomic E-state index is 13.4. The Balaban J connectivity index is 1.43. The third-order valence-corrected chi connectivity index (χ3v) is 6.78. The Hall–Kier alpha value is -1.91. The van der Waals surface area contributed by atoms with Crippen molar-refractivity contribution in [3.63, 3.8) is 0 Å². The molecule has 0 bridgehead atoms. The zero-order chi connectivity index (χ0) is 18.9. The summed E-state index contributed by atoms with van der Waals surface area (Å²) in [7, 11) is 0. The number of aromatic nitrogens is 1. The molecule has 0 aromatic carbocycles. The first kappa shape index (κ1) is 18.5. The summed E-state index contributed by atoms with van der Waals surface area (Å²) in [5, 5.41) is 0. The van der Waals surface area contributed by atoms with E-state index < -0.39 is 0 Å². The van der Waals surface area contributed by atoms with E-state index in [1.54, 1.807) is 6.07 Å². The first-order valence-electron chi connectivity index (χ1n) is 10.6. The average Bonchev–Trinajstić information content (AvgIpc) is 3.11. The molecule has 0 radical (unpaired) electrons. The van der Waals surface area contributed by atoms with Crippen molar-refractivity contribution in [2.75, 3.05) is 26.2 Å². The minimum absolute atomic E-state index is 0.0345. The van der Waals surface area contributed by atoms with Gasteiger partial charge in [-0.1, -0.05) is 25.3 Å². The number of rotatable bonds is 3. The highest BCUT2D eigenvalue weighted by Crippen LogP contribution is 2.41. The maximum Gasteiger partial charge on any atom is 0.272 e. The highest BCUT2D eigenvalue weighted by atomic mass is 16.2. The molecule has 2 saturated heterocycles. The summed E-state index contributed by atoms with van der Waals surface area (Å²) in [6.07, 6.45) is 9.26. The molecular formula is C22H31N3O2. The fourth-order valence-corrected chi connectivity index (χ4v) is 5.26. The number of hydrogen-bond acceptors (Lipinski definition) is 3. The fraction of sp³-hybridized carbons (Fsp3) is 0.682. The van der Waals surface area contributed by atoms with Crippen LogP contribution >= 0.6 is 0 Å². The van der Waals surface area contributed by atoms with Gasteiger partial charge in [0.25, 0.3) is 5.91 Å². The average molecular weight is 370 g/mol. The number of piperidine rings is 1. The van der Waals surface area contributed by atoms with Gasteiger partial charge in [0, 0.05) is 31.9 Å². The number of amides is 2. The van der Waals surface area contributed by atoms with Crippen molar-refractivity contribution in [1.29, 1.82) is 0 Å². The topological polar surface area (TPSA) is 53.5 Å². The van der Waals surface area contributed by atoms with Crippen molar-refractivity contribution in [2.24, 2.45) is 11.3 Å². The van der Waals surface area contributed by atoms with Crippen LogP contribution < -0.4 is 0 Å². The third-order valence-electron chi connectivity index (χ3n) is 6.78. The molecule has 1 unspecified atom stereocenters. The molecule has 27 heavy (non-hydrogen) atoms. The Kier molecular flexibility index (Phi) is 5.20. The van der Waals surface area contributed by atoms with E-state index in [4.69, 9.17) is 0 Å². The summed E-state index contributed by atoms with van der Waals surface area (Å²) in [5.41, 5.74) is 0.989. The lowest BCUT2D eigenvalue weighted by Crippen LogP contribution is -2.51. The van der Waals surface area contributed by atoms with Gasteiger partial charge >= 0.3 is 0 Å².